The van der Waals surface area contributed by atoms with Crippen LogP contribution in [-0.2, 0) is 9.53 Å². The van der Waals surface area contributed by atoms with Gasteiger partial charge in [0, 0.05) is 31.1 Å². The zero-order valence-electron chi connectivity index (χ0n) is 15.8. The minimum atomic E-state index is -0.220. The fourth-order valence-corrected chi connectivity index (χ4v) is 4.55. The van der Waals surface area contributed by atoms with Gasteiger partial charge < -0.3 is 14.5 Å². The van der Waals surface area contributed by atoms with Gasteiger partial charge in [-0.3, -0.25) is 4.79 Å². The topological polar surface area (TPSA) is 49.9 Å². The Morgan fingerprint density at radius 1 is 1.26 bits per heavy atom. The number of hydrogen-bond donors (Lipinski definition) is 0. The van der Waals surface area contributed by atoms with Gasteiger partial charge in [-0.2, -0.15) is 0 Å². The van der Waals surface area contributed by atoms with Gasteiger partial charge in [-0.1, -0.05) is 56.4 Å². The van der Waals surface area contributed by atoms with Crippen LogP contribution in [-0.4, -0.2) is 64.0 Å². The second-order valence-corrected chi connectivity index (χ2v) is 9.55. The molecule has 0 saturated carbocycles. The molecule has 2 saturated heterocycles. The third-order valence-electron chi connectivity index (χ3n) is 5.01. The Kier molecular flexibility index (Phi) is 6.42. The van der Waals surface area contributed by atoms with Crippen LogP contribution >= 0.6 is 24.0 Å². The van der Waals surface area contributed by atoms with Crippen LogP contribution in [0.4, 0.5) is 4.79 Å². The zero-order chi connectivity index (χ0) is 19.4. The average molecular weight is 407 g/mol. The normalized spacial score (nSPS) is 20.3. The summed E-state index contributed by atoms with van der Waals surface area (Å²) >= 11 is 6.83. The Bertz CT molecular complexity index is 700. The van der Waals surface area contributed by atoms with E-state index >= 15 is 0 Å². The zero-order valence-corrected chi connectivity index (χ0v) is 17.5. The number of hydrogen-bond acceptors (Lipinski definition) is 5. The number of piperidine rings is 1. The van der Waals surface area contributed by atoms with Gasteiger partial charge in [0.1, 0.15) is 0 Å². The molecule has 5 nitrogen and oxygen atoms in total. The number of ether oxygens (including phenoxy) is 1. The number of likely N-dealkylation sites (tertiary alicyclic amines) is 1. The molecule has 0 aliphatic carbocycles. The van der Waals surface area contributed by atoms with Crippen molar-refractivity contribution in [2.75, 3.05) is 32.0 Å². The molecule has 0 N–H and O–H groups in total. The summed E-state index contributed by atoms with van der Waals surface area (Å²) < 4.78 is 6.08. The monoisotopic (exact) mass is 406 g/mol. The first kappa shape index (κ1) is 20.1. The van der Waals surface area contributed by atoms with Crippen molar-refractivity contribution in [3.05, 3.63) is 35.9 Å². The Hall–Kier alpha value is -1.60. The van der Waals surface area contributed by atoms with Gasteiger partial charge in [-0.05, 0) is 18.4 Å². The van der Waals surface area contributed by atoms with Crippen LogP contribution in [0.2, 0.25) is 0 Å². The summed E-state index contributed by atoms with van der Waals surface area (Å²) in [5.74, 6) is 0.468. The average Bonchev–Trinajstić information content (AvgIpc) is 2.68. The Morgan fingerprint density at radius 2 is 1.93 bits per heavy atom. The predicted octanol–water partition coefficient (Wildman–Crippen LogP) is 3.56. The van der Waals surface area contributed by atoms with Gasteiger partial charge in [0.05, 0.1) is 16.6 Å². The minimum absolute atomic E-state index is 0.0232. The molecule has 27 heavy (non-hydrogen) atoms. The highest BCUT2D eigenvalue weighted by molar-refractivity contribution is 8.24. The van der Waals surface area contributed by atoms with Crippen LogP contribution in [0, 0.1) is 5.41 Å². The lowest BCUT2D eigenvalue weighted by Crippen LogP contribution is -2.55. The second-order valence-electron chi connectivity index (χ2n) is 7.90. The lowest BCUT2D eigenvalue weighted by atomic mass is 9.91. The Morgan fingerprint density at radius 3 is 2.59 bits per heavy atom. The first-order chi connectivity index (χ1) is 12.9. The summed E-state index contributed by atoms with van der Waals surface area (Å²) in [7, 11) is 0. The lowest BCUT2D eigenvalue weighted by molar-refractivity contribution is -0.130. The number of carbonyl (C=O) groups is 2. The first-order valence-electron chi connectivity index (χ1n) is 9.29. The van der Waals surface area contributed by atoms with Crippen molar-refractivity contribution in [1.82, 2.24) is 9.80 Å². The molecule has 1 aromatic rings. The molecule has 7 heteroatoms. The van der Waals surface area contributed by atoms with Crippen molar-refractivity contribution in [1.29, 1.82) is 0 Å². The van der Waals surface area contributed by atoms with Crippen LogP contribution in [0.15, 0.2) is 30.3 Å². The Labute approximate surface area is 170 Å². The molecule has 0 unspecified atom stereocenters. The molecule has 2 aliphatic heterocycles. The van der Waals surface area contributed by atoms with Gasteiger partial charge in [-0.15, -0.1) is 11.8 Å². The van der Waals surface area contributed by atoms with Gasteiger partial charge in [0.2, 0.25) is 5.91 Å². The number of carbonyl (C=O) groups excluding carboxylic acids is 2. The smallest absolute Gasteiger partial charge is 0.410 e. The van der Waals surface area contributed by atoms with Crippen LogP contribution in [0.3, 0.4) is 0 Å². The summed E-state index contributed by atoms with van der Waals surface area (Å²) in [6.07, 6.45) is 1.37. The van der Waals surface area contributed by atoms with E-state index in [1.165, 1.54) is 11.8 Å². The molecule has 1 aromatic carbocycles. The van der Waals surface area contributed by atoms with Crippen molar-refractivity contribution in [3.8, 4) is 0 Å². The quantitative estimate of drug-likeness (QED) is 0.716. The van der Waals surface area contributed by atoms with Crippen molar-refractivity contribution in [3.63, 3.8) is 0 Å². The molecule has 2 amide bonds. The summed E-state index contributed by atoms with van der Waals surface area (Å²) in [6.45, 7) is 6.75. The van der Waals surface area contributed by atoms with E-state index in [0.717, 1.165) is 22.6 Å². The van der Waals surface area contributed by atoms with Crippen molar-refractivity contribution >= 4 is 40.2 Å². The lowest BCUT2D eigenvalue weighted by Gasteiger charge is -2.44. The van der Waals surface area contributed by atoms with E-state index in [4.69, 9.17) is 17.0 Å². The number of benzene rings is 1. The largest absolute Gasteiger partial charge is 0.449 e. The highest BCUT2D eigenvalue weighted by Gasteiger charge is 2.38. The van der Waals surface area contributed by atoms with Crippen LogP contribution < -0.4 is 0 Å². The maximum atomic E-state index is 12.5. The molecule has 2 heterocycles. The SMILES string of the molecule is CC1(C)COC(=O)N(C2CCN(C(=O)CSC(=S)c3ccccc3)CC2)C1. The van der Waals surface area contributed by atoms with Gasteiger partial charge in [0.15, 0.2) is 0 Å². The number of thioether (sulfide) groups is 1. The molecule has 2 aliphatic rings. The van der Waals surface area contributed by atoms with E-state index < -0.39 is 0 Å². The standard InChI is InChI=1S/C20H26N2O3S2/c1-20(2)13-22(19(24)25-14-20)16-8-10-21(11-9-16)17(23)12-27-18(26)15-6-4-3-5-7-15/h3-7,16H,8-14H2,1-2H3. The third kappa shape index (κ3) is 5.23. The molecule has 0 bridgehead atoms. The molecule has 3 rings (SSSR count). The summed E-state index contributed by atoms with van der Waals surface area (Å²) in [5, 5.41) is 0. The number of amides is 2. The van der Waals surface area contributed by atoms with E-state index in [1.807, 2.05) is 40.1 Å². The molecular weight excluding hydrogens is 380 g/mol. The molecule has 0 aromatic heterocycles. The van der Waals surface area contributed by atoms with E-state index in [-0.39, 0.29) is 23.5 Å². The first-order valence-corrected chi connectivity index (χ1v) is 10.7. The minimum Gasteiger partial charge on any atom is -0.449 e. The molecule has 146 valence electrons. The van der Waals surface area contributed by atoms with Crippen LogP contribution in [0.1, 0.15) is 32.3 Å². The fourth-order valence-electron chi connectivity index (χ4n) is 3.49. The van der Waals surface area contributed by atoms with E-state index in [1.54, 1.807) is 0 Å². The van der Waals surface area contributed by atoms with E-state index in [0.29, 0.717) is 32.0 Å². The summed E-state index contributed by atoms with van der Waals surface area (Å²) in [6, 6.07) is 9.92. The molecule has 0 radical (unpaired) electrons. The highest BCUT2D eigenvalue weighted by Crippen LogP contribution is 2.28. The van der Waals surface area contributed by atoms with Gasteiger partial charge >= 0.3 is 6.09 Å². The maximum Gasteiger partial charge on any atom is 0.410 e. The number of rotatable bonds is 4. The second kappa shape index (κ2) is 8.61. The molecule has 0 spiro atoms. The van der Waals surface area contributed by atoms with Crippen molar-refractivity contribution in [2.24, 2.45) is 5.41 Å². The van der Waals surface area contributed by atoms with Crippen molar-refractivity contribution < 1.29 is 14.3 Å². The Balaban J connectivity index is 1.46. The molecule has 2 fully saturated rings. The van der Waals surface area contributed by atoms with Crippen LogP contribution in [0.5, 0.6) is 0 Å². The predicted molar refractivity (Wildman–Crippen MR) is 112 cm³/mol. The fraction of sp³-hybridized carbons (Fsp3) is 0.550. The third-order valence-corrected chi connectivity index (χ3v) is 6.49. The van der Waals surface area contributed by atoms with Gasteiger partial charge in [0.25, 0.3) is 0 Å². The summed E-state index contributed by atoms with van der Waals surface area (Å²) in [4.78, 5) is 28.4. The summed E-state index contributed by atoms with van der Waals surface area (Å²) in [5.41, 5.74) is 0.959. The number of cyclic esters (lactones) is 1. The van der Waals surface area contributed by atoms with Gasteiger partial charge in [-0.25, -0.2) is 4.79 Å². The van der Waals surface area contributed by atoms with E-state index in [9.17, 15) is 9.59 Å². The highest BCUT2D eigenvalue weighted by atomic mass is 32.2. The van der Waals surface area contributed by atoms with E-state index in [2.05, 4.69) is 13.8 Å². The number of thiocarbonyl (C=S) groups is 1. The number of nitrogens with zero attached hydrogens (tertiary/aromatic N) is 2. The van der Waals surface area contributed by atoms with Crippen molar-refractivity contribution in [2.45, 2.75) is 32.7 Å². The molecular formula is C20H26N2O3S2. The van der Waals surface area contributed by atoms with Crippen LogP contribution in [0.25, 0.3) is 0 Å². The molecule has 0 atom stereocenters. The maximum absolute atomic E-state index is 12.5.